The van der Waals surface area contributed by atoms with Crippen molar-refractivity contribution >= 4 is 34.2 Å². The highest BCUT2D eigenvalue weighted by molar-refractivity contribution is 7.17. The van der Waals surface area contributed by atoms with Crippen molar-refractivity contribution in [2.24, 2.45) is 5.92 Å². The monoisotopic (exact) mass is 339 g/mol. The first kappa shape index (κ1) is 17.5. The molecule has 2 N–H and O–H groups in total. The van der Waals surface area contributed by atoms with E-state index < -0.39 is 17.8 Å². The van der Waals surface area contributed by atoms with Crippen LogP contribution in [0.15, 0.2) is 0 Å². The summed E-state index contributed by atoms with van der Waals surface area (Å²) in [5.41, 5.74) is 1.41. The molecule has 0 radical (unpaired) electrons. The molecule has 1 unspecified atom stereocenters. The summed E-state index contributed by atoms with van der Waals surface area (Å²) in [5.74, 6) is -1.28. The van der Waals surface area contributed by atoms with Gasteiger partial charge in [-0.3, -0.25) is 9.59 Å². The van der Waals surface area contributed by atoms with Crippen LogP contribution < -0.4 is 5.32 Å². The fourth-order valence-corrected chi connectivity index (χ4v) is 4.18. The number of carboxylic acid groups (broad SMARTS) is 1. The first-order chi connectivity index (χ1) is 11.0. The molecule has 1 aliphatic rings. The van der Waals surface area contributed by atoms with Gasteiger partial charge < -0.3 is 15.2 Å². The van der Waals surface area contributed by atoms with Crippen molar-refractivity contribution in [2.45, 2.75) is 45.4 Å². The standard InChI is InChI=1S/C16H21NO5S/c1-3-9-4-5-10-11(8-9)23-15(14(10)16(21)22-2)17-12(18)6-7-13(19)20/h9H,3-8H2,1-2H3,(H,17,18)(H,19,20). The highest BCUT2D eigenvalue weighted by atomic mass is 32.1. The number of carboxylic acids is 1. The van der Waals surface area contributed by atoms with Crippen LogP contribution in [0, 0.1) is 5.92 Å². The molecule has 1 aromatic rings. The summed E-state index contributed by atoms with van der Waals surface area (Å²) in [6, 6.07) is 0. The molecule has 0 spiro atoms. The van der Waals surface area contributed by atoms with Crippen molar-refractivity contribution in [3.63, 3.8) is 0 Å². The molecule has 6 nitrogen and oxygen atoms in total. The lowest BCUT2D eigenvalue weighted by Crippen LogP contribution is -2.17. The smallest absolute Gasteiger partial charge is 0.341 e. The summed E-state index contributed by atoms with van der Waals surface area (Å²) < 4.78 is 4.86. The summed E-state index contributed by atoms with van der Waals surface area (Å²) in [6.45, 7) is 2.15. The van der Waals surface area contributed by atoms with Crippen LogP contribution in [-0.4, -0.2) is 30.1 Å². The summed E-state index contributed by atoms with van der Waals surface area (Å²) >= 11 is 1.41. The van der Waals surface area contributed by atoms with Gasteiger partial charge >= 0.3 is 11.9 Å². The number of esters is 1. The SMILES string of the molecule is CCC1CCc2c(sc(NC(=O)CCC(=O)O)c2C(=O)OC)C1. The van der Waals surface area contributed by atoms with E-state index in [2.05, 4.69) is 12.2 Å². The first-order valence-corrected chi connectivity index (χ1v) is 8.52. The van der Waals surface area contributed by atoms with Crippen molar-refractivity contribution in [3.05, 3.63) is 16.0 Å². The van der Waals surface area contributed by atoms with Crippen LogP contribution >= 0.6 is 11.3 Å². The molecule has 1 atom stereocenters. The molecule has 0 saturated heterocycles. The van der Waals surface area contributed by atoms with Gasteiger partial charge in [-0.15, -0.1) is 11.3 Å². The number of methoxy groups -OCH3 is 1. The average molecular weight is 339 g/mol. The Kier molecular flexibility index (Phi) is 5.76. The highest BCUT2D eigenvalue weighted by Crippen LogP contribution is 2.40. The lowest BCUT2D eigenvalue weighted by Gasteiger charge is -2.20. The van der Waals surface area contributed by atoms with E-state index in [1.807, 2.05) is 0 Å². The largest absolute Gasteiger partial charge is 0.481 e. The minimum absolute atomic E-state index is 0.115. The molecule has 2 rings (SSSR count). The quantitative estimate of drug-likeness (QED) is 0.778. The van der Waals surface area contributed by atoms with Crippen LogP contribution in [0.25, 0.3) is 0 Å². The minimum atomic E-state index is -1.02. The number of anilines is 1. The van der Waals surface area contributed by atoms with Crippen LogP contribution in [-0.2, 0) is 27.2 Å². The molecule has 0 aliphatic heterocycles. The Morgan fingerprint density at radius 1 is 1.35 bits per heavy atom. The van der Waals surface area contributed by atoms with Gasteiger partial charge in [0.1, 0.15) is 5.00 Å². The second kappa shape index (κ2) is 7.59. The van der Waals surface area contributed by atoms with Crippen LogP contribution in [0.1, 0.15) is 53.4 Å². The number of amides is 1. The molecular formula is C16H21NO5S. The fourth-order valence-electron chi connectivity index (χ4n) is 2.82. The Hall–Kier alpha value is -1.89. The van der Waals surface area contributed by atoms with Crippen molar-refractivity contribution in [1.82, 2.24) is 0 Å². The number of hydrogen-bond donors (Lipinski definition) is 2. The van der Waals surface area contributed by atoms with E-state index in [1.165, 1.54) is 18.4 Å². The van der Waals surface area contributed by atoms with E-state index in [1.54, 1.807) is 0 Å². The summed E-state index contributed by atoms with van der Waals surface area (Å²) in [4.78, 5) is 35.7. The number of fused-ring (bicyclic) bond motifs is 1. The zero-order chi connectivity index (χ0) is 17.0. The van der Waals surface area contributed by atoms with E-state index in [0.29, 0.717) is 16.5 Å². The van der Waals surface area contributed by atoms with Crippen molar-refractivity contribution in [1.29, 1.82) is 0 Å². The van der Waals surface area contributed by atoms with E-state index in [0.717, 1.165) is 36.1 Å². The number of thiophene rings is 1. The average Bonchev–Trinajstić information content (AvgIpc) is 2.88. The number of rotatable bonds is 6. The van der Waals surface area contributed by atoms with E-state index in [4.69, 9.17) is 9.84 Å². The predicted octanol–water partition coefficient (Wildman–Crippen LogP) is 2.85. The lowest BCUT2D eigenvalue weighted by molar-refractivity contribution is -0.138. The predicted molar refractivity (Wildman–Crippen MR) is 87.0 cm³/mol. The van der Waals surface area contributed by atoms with Gasteiger partial charge in [0.25, 0.3) is 0 Å². The van der Waals surface area contributed by atoms with Crippen LogP contribution in [0.4, 0.5) is 5.00 Å². The fraction of sp³-hybridized carbons (Fsp3) is 0.562. The second-order valence-electron chi connectivity index (χ2n) is 5.66. The molecule has 0 bridgehead atoms. The third-order valence-electron chi connectivity index (χ3n) is 4.15. The zero-order valence-electron chi connectivity index (χ0n) is 13.3. The molecule has 126 valence electrons. The first-order valence-electron chi connectivity index (χ1n) is 7.70. The molecule has 0 aromatic carbocycles. The molecule has 7 heteroatoms. The van der Waals surface area contributed by atoms with Crippen LogP contribution in [0.3, 0.4) is 0 Å². The Bertz CT molecular complexity index is 622. The van der Waals surface area contributed by atoms with Crippen molar-refractivity contribution in [3.8, 4) is 0 Å². The third kappa shape index (κ3) is 4.10. The topological polar surface area (TPSA) is 92.7 Å². The molecule has 1 aromatic heterocycles. The lowest BCUT2D eigenvalue weighted by atomic mass is 9.85. The third-order valence-corrected chi connectivity index (χ3v) is 5.32. The van der Waals surface area contributed by atoms with Crippen LogP contribution in [0.5, 0.6) is 0 Å². The molecule has 23 heavy (non-hydrogen) atoms. The van der Waals surface area contributed by atoms with Gasteiger partial charge in [0.15, 0.2) is 0 Å². The van der Waals surface area contributed by atoms with Crippen molar-refractivity contribution in [2.75, 3.05) is 12.4 Å². The molecule has 1 amide bonds. The maximum atomic E-state index is 12.1. The van der Waals surface area contributed by atoms with E-state index in [-0.39, 0.29) is 12.8 Å². The van der Waals surface area contributed by atoms with E-state index in [9.17, 15) is 14.4 Å². The Morgan fingerprint density at radius 2 is 2.09 bits per heavy atom. The number of ether oxygens (including phenoxy) is 1. The zero-order valence-corrected chi connectivity index (χ0v) is 14.1. The number of hydrogen-bond acceptors (Lipinski definition) is 5. The van der Waals surface area contributed by atoms with Gasteiger partial charge in [-0.1, -0.05) is 13.3 Å². The number of carbonyl (C=O) groups excluding carboxylic acids is 2. The Labute approximate surface area is 138 Å². The normalized spacial score (nSPS) is 16.5. The molecule has 0 saturated carbocycles. The Morgan fingerprint density at radius 3 is 2.70 bits per heavy atom. The van der Waals surface area contributed by atoms with Gasteiger partial charge in [0.05, 0.1) is 19.1 Å². The molecular weight excluding hydrogens is 318 g/mol. The summed E-state index contributed by atoms with van der Waals surface area (Å²) in [6.07, 6.45) is 3.48. The number of nitrogens with one attached hydrogen (secondary N) is 1. The van der Waals surface area contributed by atoms with E-state index >= 15 is 0 Å². The maximum Gasteiger partial charge on any atom is 0.341 e. The number of carbonyl (C=O) groups is 3. The maximum absolute atomic E-state index is 12.1. The van der Waals surface area contributed by atoms with Gasteiger partial charge in [0.2, 0.25) is 5.91 Å². The summed E-state index contributed by atoms with van der Waals surface area (Å²) in [7, 11) is 1.32. The second-order valence-corrected chi connectivity index (χ2v) is 6.76. The van der Waals surface area contributed by atoms with Gasteiger partial charge in [-0.2, -0.15) is 0 Å². The molecule has 0 fully saturated rings. The minimum Gasteiger partial charge on any atom is -0.481 e. The van der Waals surface area contributed by atoms with Crippen molar-refractivity contribution < 1.29 is 24.2 Å². The van der Waals surface area contributed by atoms with Crippen LogP contribution in [0.2, 0.25) is 0 Å². The summed E-state index contributed by atoms with van der Waals surface area (Å²) in [5, 5.41) is 11.8. The molecule has 1 heterocycles. The van der Waals surface area contributed by atoms with Gasteiger partial charge in [-0.05, 0) is 30.7 Å². The molecule has 1 aliphatic carbocycles. The Balaban J connectivity index is 2.24. The number of aliphatic carboxylic acids is 1. The highest BCUT2D eigenvalue weighted by Gasteiger charge is 2.29. The van der Waals surface area contributed by atoms with Gasteiger partial charge in [0, 0.05) is 11.3 Å². The van der Waals surface area contributed by atoms with Gasteiger partial charge in [-0.25, -0.2) is 4.79 Å².